The fraction of sp³-hybridized carbons (Fsp3) is 0.708. The Labute approximate surface area is 187 Å². The van der Waals surface area contributed by atoms with Gasteiger partial charge in [0.2, 0.25) is 5.91 Å². The Kier molecular flexibility index (Phi) is 13.7. The molecule has 6 nitrogen and oxygen atoms in total. The summed E-state index contributed by atoms with van der Waals surface area (Å²) < 4.78 is 13.9. The second-order valence-electron chi connectivity index (χ2n) is 8.33. The standard InChI is InChI=1S/C12H20FN3.C8H14N2O.C2H6.C2H2/c1-8-15-7-10(16-8)11(14)9-4-3-5-12(2,13)6-9;1-6(9)5-7-3-2-4-10-8(7)11;2*1-2/h7,9,11H,3-6,14H2,1-2H3,(H,15,16);7,9H,2-5H2,1H3,(H,10,11);1-2H3;1-2H. The first-order valence-electron chi connectivity index (χ1n) is 11.3. The lowest BCUT2D eigenvalue weighted by atomic mass is 9.76. The Morgan fingerprint density at radius 1 is 1.39 bits per heavy atom. The first-order valence-corrected chi connectivity index (χ1v) is 11.3. The second-order valence-corrected chi connectivity index (χ2v) is 8.33. The maximum atomic E-state index is 13.9. The number of terminal acetylenes is 1. The molecule has 176 valence electrons. The van der Waals surface area contributed by atoms with Gasteiger partial charge in [0.05, 0.1) is 5.69 Å². The van der Waals surface area contributed by atoms with Gasteiger partial charge in [0.25, 0.3) is 0 Å². The number of H-pyrrole nitrogens is 1. The average molecular weight is 436 g/mol. The molecule has 1 aromatic heterocycles. The lowest BCUT2D eigenvalue weighted by Gasteiger charge is -2.34. The van der Waals surface area contributed by atoms with Crippen LogP contribution in [0, 0.1) is 37.0 Å². The van der Waals surface area contributed by atoms with E-state index in [0.717, 1.165) is 43.7 Å². The molecule has 7 heteroatoms. The predicted octanol–water partition coefficient (Wildman–Crippen LogP) is 4.85. The van der Waals surface area contributed by atoms with Gasteiger partial charge in [-0.2, -0.15) is 0 Å². The molecule has 0 radical (unpaired) electrons. The smallest absolute Gasteiger partial charge is 0.223 e. The van der Waals surface area contributed by atoms with Crippen LogP contribution in [0.3, 0.4) is 0 Å². The van der Waals surface area contributed by atoms with E-state index < -0.39 is 5.67 Å². The number of hydrogen-bond acceptors (Lipinski definition) is 4. The molecule has 5 N–H and O–H groups in total. The lowest BCUT2D eigenvalue weighted by Crippen LogP contribution is -2.37. The number of carbonyl (C=O) groups excluding carboxylic acids is 1. The number of rotatable bonds is 4. The van der Waals surface area contributed by atoms with E-state index in [9.17, 15) is 9.18 Å². The molecule has 2 heterocycles. The van der Waals surface area contributed by atoms with Gasteiger partial charge >= 0.3 is 0 Å². The second kappa shape index (κ2) is 14.7. The molecule has 1 aliphatic carbocycles. The van der Waals surface area contributed by atoms with Crippen molar-refractivity contribution < 1.29 is 9.18 Å². The number of aromatic amines is 1. The number of piperidine rings is 1. The minimum atomic E-state index is -1.05. The van der Waals surface area contributed by atoms with Gasteiger partial charge in [0, 0.05) is 30.4 Å². The molecule has 0 bridgehead atoms. The maximum absolute atomic E-state index is 13.9. The molecule has 1 aliphatic heterocycles. The number of nitrogens with zero attached hydrogens (tertiary/aromatic N) is 1. The number of alkyl halides is 1. The van der Waals surface area contributed by atoms with Gasteiger partial charge < -0.3 is 21.4 Å². The summed E-state index contributed by atoms with van der Waals surface area (Å²) in [5.41, 5.74) is 6.65. The van der Waals surface area contributed by atoms with Crippen LogP contribution < -0.4 is 11.1 Å². The van der Waals surface area contributed by atoms with E-state index >= 15 is 0 Å². The van der Waals surface area contributed by atoms with Gasteiger partial charge in [-0.15, -0.1) is 12.8 Å². The zero-order valence-electron chi connectivity index (χ0n) is 19.9. The van der Waals surface area contributed by atoms with Crippen molar-refractivity contribution in [3.63, 3.8) is 0 Å². The normalized spacial score (nSPS) is 25.8. The largest absolute Gasteiger partial charge is 0.356 e. The number of aryl methyl sites for hydroxylation is 1. The van der Waals surface area contributed by atoms with Crippen LogP contribution in [0.4, 0.5) is 4.39 Å². The highest BCUT2D eigenvalue weighted by molar-refractivity contribution is 5.87. The van der Waals surface area contributed by atoms with Crippen molar-refractivity contribution >= 4 is 11.6 Å². The Morgan fingerprint density at radius 3 is 2.52 bits per heavy atom. The van der Waals surface area contributed by atoms with E-state index in [-0.39, 0.29) is 23.8 Å². The number of amides is 1. The molecule has 2 aliphatic rings. The molecule has 3 rings (SSSR count). The van der Waals surface area contributed by atoms with Gasteiger partial charge in [0.15, 0.2) is 0 Å². The minimum Gasteiger partial charge on any atom is -0.356 e. The van der Waals surface area contributed by atoms with E-state index in [1.807, 2.05) is 20.8 Å². The van der Waals surface area contributed by atoms with E-state index in [1.54, 1.807) is 20.0 Å². The number of aromatic nitrogens is 2. The molecule has 31 heavy (non-hydrogen) atoms. The molecule has 0 aromatic carbocycles. The Balaban J connectivity index is 0.000000526. The number of nitrogens with one attached hydrogen (secondary N) is 3. The minimum absolute atomic E-state index is 0.0706. The van der Waals surface area contributed by atoms with Crippen LogP contribution in [0.5, 0.6) is 0 Å². The van der Waals surface area contributed by atoms with Gasteiger partial charge in [-0.25, -0.2) is 9.37 Å². The average Bonchev–Trinajstić information content (AvgIpc) is 3.18. The zero-order valence-corrected chi connectivity index (χ0v) is 19.9. The quantitative estimate of drug-likeness (QED) is 0.401. The lowest BCUT2D eigenvalue weighted by molar-refractivity contribution is -0.126. The summed E-state index contributed by atoms with van der Waals surface area (Å²) in [4.78, 5) is 18.4. The van der Waals surface area contributed by atoms with Crippen LogP contribution in [0.25, 0.3) is 0 Å². The highest BCUT2D eigenvalue weighted by Gasteiger charge is 2.35. The van der Waals surface area contributed by atoms with E-state index in [2.05, 4.69) is 28.1 Å². The van der Waals surface area contributed by atoms with Crippen molar-refractivity contribution in [3.8, 4) is 12.8 Å². The highest BCUT2D eigenvalue weighted by Crippen LogP contribution is 2.39. The molecular weight excluding hydrogens is 393 g/mol. The Morgan fingerprint density at radius 2 is 2.03 bits per heavy atom. The topological polar surface area (TPSA) is 108 Å². The summed E-state index contributed by atoms with van der Waals surface area (Å²) in [5, 5.41) is 10.0. The van der Waals surface area contributed by atoms with Crippen LogP contribution in [0.15, 0.2) is 6.20 Å². The zero-order chi connectivity index (χ0) is 24.0. The SMILES string of the molecule is C#C.CC.CC(=N)CC1CCCNC1=O.Cc1ncc(C(N)C2CCCC(C)(F)C2)[nH]1. The highest BCUT2D eigenvalue weighted by atomic mass is 19.1. The van der Waals surface area contributed by atoms with E-state index in [4.69, 9.17) is 11.1 Å². The Bertz CT molecular complexity index is 683. The third-order valence-corrected chi connectivity index (χ3v) is 5.50. The van der Waals surface area contributed by atoms with Crippen molar-refractivity contribution in [3.05, 3.63) is 17.7 Å². The van der Waals surface area contributed by atoms with Crippen molar-refractivity contribution in [1.82, 2.24) is 15.3 Å². The van der Waals surface area contributed by atoms with E-state index in [1.165, 1.54) is 0 Å². The van der Waals surface area contributed by atoms with Crippen molar-refractivity contribution in [1.29, 1.82) is 5.41 Å². The summed E-state index contributed by atoms with van der Waals surface area (Å²) >= 11 is 0. The van der Waals surface area contributed by atoms with Crippen LogP contribution in [0.2, 0.25) is 0 Å². The van der Waals surface area contributed by atoms with Gasteiger partial charge in [0.1, 0.15) is 11.5 Å². The van der Waals surface area contributed by atoms with Crippen molar-refractivity contribution in [2.75, 3.05) is 6.54 Å². The van der Waals surface area contributed by atoms with Gasteiger partial charge in [-0.05, 0) is 71.6 Å². The van der Waals surface area contributed by atoms with Crippen molar-refractivity contribution in [2.45, 2.75) is 91.3 Å². The molecule has 4 unspecified atom stereocenters. The molecule has 1 aromatic rings. The summed E-state index contributed by atoms with van der Waals surface area (Å²) in [6.07, 6.45) is 15.6. The fourth-order valence-electron chi connectivity index (χ4n) is 4.05. The number of halogens is 1. The first kappa shape index (κ1) is 28.8. The van der Waals surface area contributed by atoms with Crippen LogP contribution in [0.1, 0.15) is 90.2 Å². The molecular formula is C24H42FN5O. The van der Waals surface area contributed by atoms with Crippen LogP contribution >= 0.6 is 0 Å². The molecule has 2 fully saturated rings. The molecule has 4 atom stereocenters. The summed E-state index contributed by atoms with van der Waals surface area (Å²) in [7, 11) is 0. The van der Waals surface area contributed by atoms with Gasteiger partial charge in [-0.1, -0.05) is 13.8 Å². The number of nitrogens with two attached hydrogens (primary N) is 1. The van der Waals surface area contributed by atoms with Crippen LogP contribution in [-0.4, -0.2) is 33.8 Å². The molecule has 1 saturated carbocycles. The first-order chi connectivity index (χ1) is 14.7. The maximum Gasteiger partial charge on any atom is 0.223 e. The molecule has 0 spiro atoms. The Hall–Kier alpha value is -2.20. The monoisotopic (exact) mass is 435 g/mol. The molecule has 1 amide bonds. The third kappa shape index (κ3) is 10.6. The number of carbonyl (C=O) groups is 1. The number of hydrogen-bond donors (Lipinski definition) is 4. The van der Waals surface area contributed by atoms with E-state index in [0.29, 0.717) is 25.0 Å². The van der Waals surface area contributed by atoms with Crippen LogP contribution in [-0.2, 0) is 4.79 Å². The van der Waals surface area contributed by atoms with Gasteiger partial charge in [-0.3, -0.25) is 4.79 Å². The predicted molar refractivity (Wildman–Crippen MR) is 127 cm³/mol. The fourth-order valence-corrected chi connectivity index (χ4v) is 4.05. The summed E-state index contributed by atoms with van der Waals surface area (Å²) in [6.45, 7) is 10.1. The molecule has 1 saturated heterocycles. The third-order valence-electron chi connectivity index (χ3n) is 5.50. The number of imidazole rings is 1. The summed E-state index contributed by atoms with van der Waals surface area (Å²) in [5.74, 6) is 1.29. The van der Waals surface area contributed by atoms with Crippen molar-refractivity contribution in [2.24, 2.45) is 17.6 Å². The summed E-state index contributed by atoms with van der Waals surface area (Å²) in [6, 6.07) is -0.114.